The molecule has 0 aliphatic carbocycles. The Kier molecular flexibility index (Phi) is 2.70. The van der Waals surface area contributed by atoms with Gasteiger partial charge in [-0.15, -0.1) is 0 Å². The van der Waals surface area contributed by atoms with Gasteiger partial charge in [0.15, 0.2) is 5.84 Å². The maximum atomic E-state index is 9.19. The van der Waals surface area contributed by atoms with Crippen LogP contribution >= 0.6 is 0 Å². The molecule has 17 heavy (non-hydrogen) atoms. The molecule has 0 spiro atoms. The summed E-state index contributed by atoms with van der Waals surface area (Å²) >= 11 is 0. The Morgan fingerprint density at radius 3 is 2.59 bits per heavy atom. The van der Waals surface area contributed by atoms with Crippen molar-refractivity contribution in [2.45, 2.75) is 0 Å². The molecule has 0 aliphatic rings. The van der Waals surface area contributed by atoms with Crippen LogP contribution in [0.5, 0.6) is 5.75 Å². The van der Waals surface area contributed by atoms with Gasteiger partial charge in [0.05, 0.1) is 5.69 Å². The predicted octanol–water partition coefficient (Wildman–Crippen LogP) is 0.887. The molecule has 0 saturated carbocycles. The summed E-state index contributed by atoms with van der Waals surface area (Å²) in [6.45, 7) is 0. The Balaban J connectivity index is 2.44. The van der Waals surface area contributed by atoms with Gasteiger partial charge in [0.1, 0.15) is 11.4 Å². The zero-order chi connectivity index (χ0) is 12.4. The number of aryl methyl sites for hydroxylation is 1. The SMILES string of the molecule is Cn1nc(-c2ccc(O)cc2)cc1C(N)=NO. The van der Waals surface area contributed by atoms with Crippen molar-refractivity contribution >= 4 is 5.84 Å². The van der Waals surface area contributed by atoms with Crippen LogP contribution in [0, 0.1) is 0 Å². The van der Waals surface area contributed by atoms with Crippen molar-refractivity contribution in [1.82, 2.24) is 9.78 Å². The third kappa shape index (κ3) is 2.05. The van der Waals surface area contributed by atoms with Crippen LogP contribution in [-0.4, -0.2) is 25.9 Å². The summed E-state index contributed by atoms with van der Waals surface area (Å²) < 4.78 is 1.53. The minimum atomic E-state index is 0.00466. The molecule has 2 rings (SSSR count). The lowest BCUT2D eigenvalue weighted by molar-refractivity contribution is 0.318. The fraction of sp³-hybridized carbons (Fsp3) is 0.0909. The first-order chi connectivity index (χ1) is 8.11. The van der Waals surface area contributed by atoms with E-state index in [1.54, 1.807) is 37.4 Å². The second-order valence-electron chi connectivity index (χ2n) is 3.57. The summed E-state index contributed by atoms with van der Waals surface area (Å²) in [5.41, 5.74) is 7.57. The maximum absolute atomic E-state index is 9.19. The summed E-state index contributed by atoms with van der Waals surface area (Å²) in [5, 5.41) is 25.0. The summed E-state index contributed by atoms with van der Waals surface area (Å²) in [5.74, 6) is 0.200. The van der Waals surface area contributed by atoms with Crippen molar-refractivity contribution in [3.63, 3.8) is 0 Å². The number of rotatable bonds is 2. The van der Waals surface area contributed by atoms with Gasteiger partial charge in [-0.25, -0.2) is 0 Å². The molecule has 0 fully saturated rings. The second-order valence-corrected chi connectivity index (χ2v) is 3.57. The number of oxime groups is 1. The van der Waals surface area contributed by atoms with Gasteiger partial charge >= 0.3 is 0 Å². The average molecular weight is 232 g/mol. The number of nitrogens with zero attached hydrogens (tertiary/aromatic N) is 3. The largest absolute Gasteiger partial charge is 0.508 e. The third-order valence-electron chi connectivity index (χ3n) is 2.41. The van der Waals surface area contributed by atoms with Crippen molar-refractivity contribution < 1.29 is 10.3 Å². The fourth-order valence-electron chi connectivity index (χ4n) is 1.53. The van der Waals surface area contributed by atoms with E-state index in [4.69, 9.17) is 10.9 Å². The van der Waals surface area contributed by atoms with Gasteiger partial charge in [-0.1, -0.05) is 5.16 Å². The number of aromatic hydroxyl groups is 1. The van der Waals surface area contributed by atoms with Gasteiger partial charge in [-0.2, -0.15) is 5.10 Å². The molecule has 0 radical (unpaired) electrons. The molecular weight excluding hydrogens is 220 g/mol. The molecular formula is C11H12N4O2. The number of hydrogen-bond donors (Lipinski definition) is 3. The van der Waals surface area contributed by atoms with Gasteiger partial charge in [-0.3, -0.25) is 4.68 Å². The summed E-state index contributed by atoms with van der Waals surface area (Å²) in [6, 6.07) is 8.35. The maximum Gasteiger partial charge on any atom is 0.188 e. The zero-order valence-corrected chi connectivity index (χ0v) is 9.20. The van der Waals surface area contributed by atoms with E-state index in [0.717, 1.165) is 5.56 Å². The highest BCUT2D eigenvalue weighted by molar-refractivity contribution is 5.96. The van der Waals surface area contributed by atoms with Crippen molar-refractivity contribution in [2.24, 2.45) is 17.9 Å². The molecule has 1 aromatic heterocycles. The van der Waals surface area contributed by atoms with E-state index < -0.39 is 0 Å². The first kappa shape index (κ1) is 11.0. The van der Waals surface area contributed by atoms with Crippen LogP contribution in [-0.2, 0) is 7.05 Å². The van der Waals surface area contributed by atoms with E-state index in [9.17, 15) is 5.11 Å². The highest BCUT2D eigenvalue weighted by atomic mass is 16.4. The summed E-state index contributed by atoms with van der Waals surface area (Å²) in [4.78, 5) is 0. The van der Waals surface area contributed by atoms with Crippen LogP contribution < -0.4 is 5.73 Å². The Bertz CT molecular complexity index is 557. The molecule has 0 amide bonds. The molecule has 88 valence electrons. The number of nitrogens with two attached hydrogens (primary N) is 1. The number of hydrogen-bond acceptors (Lipinski definition) is 4. The lowest BCUT2D eigenvalue weighted by atomic mass is 10.1. The molecule has 4 N–H and O–H groups in total. The normalized spacial score (nSPS) is 11.7. The number of amidine groups is 1. The van der Waals surface area contributed by atoms with Crippen LogP contribution in [0.1, 0.15) is 5.69 Å². The van der Waals surface area contributed by atoms with Crippen LogP contribution in [0.25, 0.3) is 11.3 Å². The number of aromatic nitrogens is 2. The number of benzene rings is 1. The molecule has 0 saturated heterocycles. The Hall–Kier alpha value is -2.50. The predicted molar refractivity (Wildman–Crippen MR) is 62.8 cm³/mol. The number of phenolic OH excluding ortho intramolecular Hbond substituents is 1. The lowest BCUT2D eigenvalue weighted by Crippen LogP contribution is -2.17. The van der Waals surface area contributed by atoms with E-state index in [1.165, 1.54) is 4.68 Å². The van der Waals surface area contributed by atoms with E-state index in [1.807, 2.05) is 0 Å². The quantitative estimate of drug-likeness (QED) is 0.310. The van der Waals surface area contributed by atoms with Crippen LogP contribution in [0.15, 0.2) is 35.5 Å². The second kappa shape index (κ2) is 4.17. The molecule has 2 aromatic rings. The molecule has 0 atom stereocenters. The molecule has 1 heterocycles. The van der Waals surface area contributed by atoms with Crippen molar-refractivity contribution in [3.8, 4) is 17.0 Å². The van der Waals surface area contributed by atoms with Crippen molar-refractivity contribution in [1.29, 1.82) is 0 Å². The highest BCUT2D eigenvalue weighted by Gasteiger charge is 2.10. The smallest absolute Gasteiger partial charge is 0.188 e. The first-order valence-electron chi connectivity index (χ1n) is 4.93. The first-order valence-corrected chi connectivity index (χ1v) is 4.93. The van der Waals surface area contributed by atoms with Gasteiger partial charge < -0.3 is 16.0 Å². The van der Waals surface area contributed by atoms with E-state index in [0.29, 0.717) is 11.4 Å². The molecule has 6 nitrogen and oxygen atoms in total. The molecule has 0 unspecified atom stereocenters. The van der Waals surface area contributed by atoms with E-state index >= 15 is 0 Å². The van der Waals surface area contributed by atoms with Crippen molar-refractivity contribution in [3.05, 3.63) is 36.0 Å². The Labute approximate surface area is 97.6 Å². The fourth-order valence-corrected chi connectivity index (χ4v) is 1.53. The summed E-state index contributed by atoms with van der Waals surface area (Å²) in [6.07, 6.45) is 0. The van der Waals surface area contributed by atoms with Gasteiger partial charge in [0, 0.05) is 12.6 Å². The zero-order valence-electron chi connectivity index (χ0n) is 9.20. The minimum Gasteiger partial charge on any atom is -0.508 e. The van der Waals surface area contributed by atoms with Crippen LogP contribution in [0.2, 0.25) is 0 Å². The van der Waals surface area contributed by atoms with Crippen LogP contribution in [0.3, 0.4) is 0 Å². The molecule has 0 aliphatic heterocycles. The number of phenols is 1. The lowest BCUT2D eigenvalue weighted by Gasteiger charge is -1.96. The molecule has 0 bridgehead atoms. The topological polar surface area (TPSA) is 96.7 Å². The Morgan fingerprint density at radius 2 is 2.00 bits per heavy atom. The Morgan fingerprint density at radius 1 is 1.35 bits per heavy atom. The van der Waals surface area contributed by atoms with Crippen LogP contribution in [0.4, 0.5) is 0 Å². The van der Waals surface area contributed by atoms with Gasteiger partial charge in [0.2, 0.25) is 0 Å². The standard InChI is InChI=1S/C11H12N4O2/c1-15-10(11(12)14-17)6-9(13-15)7-2-4-8(16)5-3-7/h2-6,16-17H,1H3,(H2,12,14). The molecule has 6 heteroatoms. The molecule has 1 aromatic carbocycles. The van der Waals surface area contributed by atoms with E-state index in [2.05, 4.69) is 10.3 Å². The third-order valence-corrected chi connectivity index (χ3v) is 2.41. The highest BCUT2D eigenvalue weighted by Crippen LogP contribution is 2.21. The average Bonchev–Trinajstić information content (AvgIpc) is 2.71. The van der Waals surface area contributed by atoms with Crippen molar-refractivity contribution in [2.75, 3.05) is 0 Å². The van der Waals surface area contributed by atoms with Gasteiger partial charge in [0.25, 0.3) is 0 Å². The monoisotopic (exact) mass is 232 g/mol. The van der Waals surface area contributed by atoms with Gasteiger partial charge in [-0.05, 0) is 30.3 Å². The summed E-state index contributed by atoms with van der Waals surface area (Å²) in [7, 11) is 1.71. The minimum absolute atomic E-state index is 0.00466. The van der Waals surface area contributed by atoms with E-state index in [-0.39, 0.29) is 11.6 Å².